The van der Waals surface area contributed by atoms with E-state index >= 15 is 0 Å². The molecule has 12 heteroatoms. The van der Waals surface area contributed by atoms with Gasteiger partial charge in [0.1, 0.15) is 28.6 Å². The highest BCUT2D eigenvalue weighted by Gasteiger charge is 2.57. The zero-order valence-electron chi connectivity index (χ0n) is 22.8. The Morgan fingerprint density at radius 3 is 2.26 bits per heavy atom. The summed E-state index contributed by atoms with van der Waals surface area (Å²) in [5.41, 5.74) is 1.08. The number of carbonyl (C=O) groups is 5. The summed E-state index contributed by atoms with van der Waals surface area (Å²) in [6.45, 7) is 0. The van der Waals surface area contributed by atoms with Crippen LogP contribution in [0.4, 0.5) is 5.69 Å². The number of halogens is 1. The van der Waals surface area contributed by atoms with Crippen molar-refractivity contribution < 1.29 is 48.8 Å². The molecule has 3 aliphatic carbocycles. The predicted octanol–water partition coefficient (Wildman–Crippen LogP) is 3.78. The molecular formula is C31H24BrNO10. The van der Waals surface area contributed by atoms with E-state index in [1.54, 1.807) is 0 Å². The molecule has 6 rings (SSSR count). The van der Waals surface area contributed by atoms with Crippen LogP contribution in [0.1, 0.15) is 34.7 Å². The third-order valence-electron chi connectivity index (χ3n) is 8.62. The fourth-order valence-electron chi connectivity index (χ4n) is 6.84. The Bertz CT molecular complexity index is 1740. The monoisotopic (exact) mass is 649 g/mol. The molecule has 220 valence electrons. The zero-order chi connectivity index (χ0) is 30.9. The number of imide groups is 1. The standard InChI is InChI=1S/C31H24BrNO10/c1-42-22-8-13(34)9-23(43-2)27(22)26-14-5-6-16-24(17(14)10-18-25(26)21(36)11-19(32)28(18)37)30(39)33(29(16)38)12-3-4-15(31(40)41)20(35)7-12/h3-5,7-9,11,16-17,24,26,34-35H,6,10H2,1-2H3,(H,40,41). The highest BCUT2D eigenvalue weighted by atomic mass is 79.9. The summed E-state index contributed by atoms with van der Waals surface area (Å²) in [7, 11) is 2.79. The third-order valence-corrected chi connectivity index (χ3v) is 9.21. The fourth-order valence-corrected chi connectivity index (χ4v) is 7.29. The lowest BCUT2D eigenvalue weighted by molar-refractivity contribution is -0.123. The predicted molar refractivity (Wildman–Crippen MR) is 153 cm³/mol. The summed E-state index contributed by atoms with van der Waals surface area (Å²) in [5, 5.41) is 29.8. The number of rotatable bonds is 5. The van der Waals surface area contributed by atoms with Gasteiger partial charge in [-0.25, -0.2) is 9.69 Å². The summed E-state index contributed by atoms with van der Waals surface area (Å²) < 4.78 is 11.3. The maximum Gasteiger partial charge on any atom is 0.339 e. The van der Waals surface area contributed by atoms with Crippen LogP contribution in [0, 0.1) is 17.8 Å². The number of nitrogens with zero attached hydrogens (tertiary/aromatic N) is 1. The van der Waals surface area contributed by atoms with Gasteiger partial charge in [-0.15, -0.1) is 0 Å². The summed E-state index contributed by atoms with van der Waals surface area (Å²) in [6, 6.07) is 6.20. The zero-order valence-corrected chi connectivity index (χ0v) is 24.4. The number of aromatic carboxylic acids is 1. The van der Waals surface area contributed by atoms with E-state index in [1.165, 1.54) is 38.5 Å². The van der Waals surface area contributed by atoms with Crippen molar-refractivity contribution in [1.29, 1.82) is 0 Å². The number of anilines is 1. The van der Waals surface area contributed by atoms with E-state index in [4.69, 9.17) is 9.47 Å². The topological polar surface area (TPSA) is 168 Å². The number of phenolic OH excluding ortho intramolecular Hbond substituents is 1. The van der Waals surface area contributed by atoms with Gasteiger partial charge >= 0.3 is 5.97 Å². The number of Topliss-reactive ketones (excluding diaryl/α,β-unsaturated/α-hetero) is 1. The summed E-state index contributed by atoms with van der Waals surface area (Å²) >= 11 is 3.19. The SMILES string of the molecule is COc1cc(O)cc(OC)c1C1C2=CCC3C(=O)N(c4ccc(C(=O)O)c(O)c4)C(=O)C3C2CC2=C1C(=O)C=C(Br)C2=O. The van der Waals surface area contributed by atoms with E-state index in [9.17, 15) is 39.3 Å². The molecule has 0 spiro atoms. The number of ether oxygens (including phenoxy) is 2. The average Bonchev–Trinajstić information content (AvgIpc) is 3.23. The van der Waals surface area contributed by atoms with Gasteiger partial charge in [0.05, 0.1) is 36.2 Å². The number of allylic oxidation sites excluding steroid dienone is 6. The minimum atomic E-state index is -1.37. The molecule has 4 unspecified atom stereocenters. The quantitative estimate of drug-likeness (QED) is 0.246. The van der Waals surface area contributed by atoms with Crippen LogP contribution in [0.25, 0.3) is 0 Å². The molecular weight excluding hydrogens is 626 g/mol. The van der Waals surface area contributed by atoms with Gasteiger partial charge in [0.25, 0.3) is 0 Å². The Balaban J connectivity index is 1.51. The molecule has 1 aliphatic heterocycles. The molecule has 2 aromatic rings. The first-order chi connectivity index (χ1) is 20.5. The van der Waals surface area contributed by atoms with Crippen LogP contribution in [0.5, 0.6) is 23.0 Å². The number of carboxylic acid groups (broad SMARTS) is 1. The summed E-state index contributed by atoms with van der Waals surface area (Å²) in [4.78, 5) is 67.0. The van der Waals surface area contributed by atoms with Crippen LogP contribution in [0.2, 0.25) is 0 Å². The molecule has 4 atom stereocenters. The second kappa shape index (κ2) is 10.2. The molecule has 43 heavy (non-hydrogen) atoms. The second-order valence-corrected chi connectivity index (χ2v) is 11.5. The van der Waals surface area contributed by atoms with Gasteiger partial charge < -0.3 is 24.8 Å². The van der Waals surface area contributed by atoms with Crippen LogP contribution in [-0.4, -0.2) is 58.9 Å². The molecule has 11 nitrogen and oxygen atoms in total. The van der Waals surface area contributed by atoms with Crippen LogP contribution in [0.15, 0.2) is 63.7 Å². The second-order valence-electron chi connectivity index (χ2n) is 10.7. The van der Waals surface area contributed by atoms with Gasteiger partial charge in [0, 0.05) is 46.9 Å². The number of phenols is 2. The Hall–Kier alpha value is -4.71. The van der Waals surface area contributed by atoms with Gasteiger partial charge in [-0.1, -0.05) is 11.6 Å². The molecule has 3 N–H and O–H groups in total. The van der Waals surface area contributed by atoms with E-state index in [1.807, 2.05) is 6.08 Å². The van der Waals surface area contributed by atoms with Gasteiger partial charge in [-0.2, -0.15) is 0 Å². The lowest BCUT2D eigenvalue weighted by atomic mass is 9.59. The van der Waals surface area contributed by atoms with Crippen molar-refractivity contribution in [3.63, 3.8) is 0 Å². The molecule has 1 saturated heterocycles. The maximum atomic E-state index is 14.0. The van der Waals surface area contributed by atoms with Crippen molar-refractivity contribution in [2.45, 2.75) is 18.8 Å². The molecule has 2 aromatic carbocycles. The van der Waals surface area contributed by atoms with Gasteiger partial charge in [0.2, 0.25) is 11.8 Å². The number of carboxylic acids is 1. The highest BCUT2D eigenvalue weighted by Crippen LogP contribution is 2.58. The van der Waals surface area contributed by atoms with Gasteiger partial charge in [-0.05, 0) is 46.8 Å². The van der Waals surface area contributed by atoms with Gasteiger partial charge in [0.15, 0.2) is 11.6 Å². The van der Waals surface area contributed by atoms with Crippen LogP contribution in [0.3, 0.4) is 0 Å². The molecule has 0 radical (unpaired) electrons. The van der Waals surface area contributed by atoms with Crippen molar-refractivity contribution in [2.24, 2.45) is 17.8 Å². The van der Waals surface area contributed by atoms with E-state index in [0.29, 0.717) is 11.1 Å². The Kier molecular flexibility index (Phi) is 6.76. The minimum Gasteiger partial charge on any atom is -0.508 e. The van der Waals surface area contributed by atoms with Crippen molar-refractivity contribution in [1.82, 2.24) is 0 Å². The maximum absolute atomic E-state index is 14.0. The Morgan fingerprint density at radius 1 is 0.977 bits per heavy atom. The largest absolute Gasteiger partial charge is 0.508 e. The van der Waals surface area contributed by atoms with Crippen LogP contribution in [-0.2, 0) is 19.2 Å². The lowest BCUT2D eigenvalue weighted by Crippen LogP contribution is -2.39. The minimum absolute atomic E-state index is 0.0190. The number of aromatic hydroxyl groups is 2. The molecule has 1 heterocycles. The summed E-state index contributed by atoms with van der Waals surface area (Å²) in [6.07, 6.45) is 3.20. The summed E-state index contributed by atoms with van der Waals surface area (Å²) in [5.74, 6) is -6.86. The number of amides is 2. The molecule has 0 aromatic heterocycles. The van der Waals surface area contributed by atoms with Crippen molar-refractivity contribution in [3.8, 4) is 23.0 Å². The molecule has 2 amide bonds. The van der Waals surface area contributed by atoms with E-state index in [-0.39, 0.29) is 57.0 Å². The number of fused-ring (bicyclic) bond motifs is 3. The first-order valence-corrected chi connectivity index (χ1v) is 14.1. The normalized spacial score (nSPS) is 24.7. The smallest absolute Gasteiger partial charge is 0.339 e. The van der Waals surface area contributed by atoms with Crippen molar-refractivity contribution in [3.05, 3.63) is 74.8 Å². The third kappa shape index (κ3) is 4.19. The Morgan fingerprint density at radius 2 is 1.65 bits per heavy atom. The van der Waals surface area contributed by atoms with Crippen molar-refractivity contribution in [2.75, 3.05) is 19.1 Å². The van der Waals surface area contributed by atoms with Gasteiger partial charge in [-0.3, -0.25) is 19.2 Å². The number of hydrogen-bond acceptors (Lipinski definition) is 9. The van der Waals surface area contributed by atoms with Crippen molar-refractivity contribution >= 4 is 51.0 Å². The first-order valence-electron chi connectivity index (χ1n) is 13.3. The molecule has 0 bridgehead atoms. The van der Waals surface area contributed by atoms with E-state index in [0.717, 1.165) is 17.0 Å². The number of carbonyl (C=O) groups excluding carboxylic acids is 4. The Labute approximate surface area is 252 Å². The number of benzene rings is 2. The number of methoxy groups -OCH3 is 2. The van der Waals surface area contributed by atoms with E-state index < -0.39 is 58.8 Å². The van der Waals surface area contributed by atoms with Crippen LogP contribution >= 0.6 is 15.9 Å². The number of hydrogen-bond donors (Lipinski definition) is 3. The first kappa shape index (κ1) is 28.4. The molecule has 1 fully saturated rings. The number of ketones is 2. The lowest BCUT2D eigenvalue weighted by Gasteiger charge is -2.42. The highest BCUT2D eigenvalue weighted by molar-refractivity contribution is 9.12. The molecule has 0 saturated carbocycles. The van der Waals surface area contributed by atoms with E-state index in [2.05, 4.69) is 15.9 Å². The van der Waals surface area contributed by atoms with Crippen LogP contribution < -0.4 is 14.4 Å². The fraction of sp³-hybridized carbons (Fsp3) is 0.258. The average molecular weight is 650 g/mol. The molecule has 4 aliphatic rings.